The largest absolute Gasteiger partial charge is 0.207 e. The minimum Gasteiger partial charge on any atom is -0.207 e. The van der Waals surface area contributed by atoms with Crippen LogP contribution in [-0.2, 0) is 6.42 Å². The molecule has 0 N–H and O–H groups in total. The number of benzene rings is 2. The van der Waals surface area contributed by atoms with E-state index in [0.29, 0.717) is 11.1 Å². The van der Waals surface area contributed by atoms with Crippen LogP contribution in [0.5, 0.6) is 0 Å². The fourth-order valence-corrected chi connectivity index (χ4v) is 1.93. The van der Waals surface area contributed by atoms with Gasteiger partial charge in [0.15, 0.2) is 0 Å². The maximum absolute atomic E-state index is 13.8. The summed E-state index contributed by atoms with van der Waals surface area (Å²) in [5, 5.41) is 8.74. The number of rotatable bonds is 2. The first kappa shape index (κ1) is 12.5. The monoisotopic (exact) mass is 263 g/mol. The maximum Gasteiger partial charge on any atom is 0.131 e. The first-order valence-corrected chi connectivity index (χ1v) is 5.60. The van der Waals surface area contributed by atoms with E-state index >= 15 is 0 Å². The zero-order valence-corrected chi connectivity index (χ0v) is 10.0. The molecule has 0 aliphatic rings. The lowest BCUT2D eigenvalue weighted by Crippen LogP contribution is -1.89. The molecule has 18 heavy (non-hydrogen) atoms. The van der Waals surface area contributed by atoms with Gasteiger partial charge in [-0.1, -0.05) is 23.7 Å². The van der Waals surface area contributed by atoms with E-state index in [4.69, 9.17) is 16.9 Å². The van der Waals surface area contributed by atoms with Crippen molar-refractivity contribution in [1.82, 2.24) is 0 Å². The van der Waals surface area contributed by atoms with Crippen LogP contribution in [0, 0.1) is 23.0 Å². The van der Waals surface area contributed by atoms with Crippen LogP contribution in [0.25, 0.3) is 11.1 Å². The molecule has 2 rings (SSSR count). The summed E-state index contributed by atoms with van der Waals surface area (Å²) in [7, 11) is 0. The molecule has 0 aromatic heterocycles. The molecular formula is C14H8ClF2N. The summed E-state index contributed by atoms with van der Waals surface area (Å²) in [5.41, 5.74) is 1.22. The smallest absolute Gasteiger partial charge is 0.131 e. The molecule has 0 atom stereocenters. The Bertz CT molecular complexity index is 612. The van der Waals surface area contributed by atoms with Crippen LogP contribution >= 0.6 is 11.6 Å². The minimum atomic E-state index is -0.516. The Morgan fingerprint density at radius 2 is 1.89 bits per heavy atom. The molecule has 90 valence electrons. The Morgan fingerprint density at radius 1 is 1.11 bits per heavy atom. The molecule has 0 saturated carbocycles. The molecule has 1 nitrogen and oxygen atoms in total. The molecule has 0 unspecified atom stereocenters. The summed E-state index contributed by atoms with van der Waals surface area (Å²) >= 11 is 5.73. The molecule has 0 spiro atoms. The van der Waals surface area contributed by atoms with E-state index in [-0.39, 0.29) is 17.0 Å². The summed E-state index contributed by atoms with van der Waals surface area (Å²) in [6.07, 6.45) is 0.140. The molecule has 0 radical (unpaired) electrons. The second kappa shape index (κ2) is 5.16. The zero-order chi connectivity index (χ0) is 13.1. The number of hydrogen-bond donors (Lipinski definition) is 0. The van der Waals surface area contributed by atoms with E-state index in [1.165, 1.54) is 24.3 Å². The number of hydrogen-bond acceptors (Lipinski definition) is 1. The minimum absolute atomic E-state index is 0.140. The van der Waals surface area contributed by atoms with E-state index in [1.54, 1.807) is 6.07 Å². The van der Waals surface area contributed by atoms with E-state index in [2.05, 4.69) is 0 Å². The van der Waals surface area contributed by atoms with Gasteiger partial charge in [-0.2, -0.15) is 5.26 Å². The van der Waals surface area contributed by atoms with E-state index < -0.39 is 11.6 Å². The average Bonchev–Trinajstić information content (AvgIpc) is 2.28. The molecule has 0 aliphatic heterocycles. The van der Waals surface area contributed by atoms with Crippen LogP contribution < -0.4 is 0 Å². The second-order valence-electron chi connectivity index (χ2n) is 3.81. The van der Waals surface area contributed by atoms with Crippen LogP contribution in [0.4, 0.5) is 8.78 Å². The van der Waals surface area contributed by atoms with Gasteiger partial charge >= 0.3 is 0 Å². The Hall–Kier alpha value is -1.92. The fourth-order valence-electron chi connectivity index (χ4n) is 1.70. The lowest BCUT2D eigenvalue weighted by atomic mass is 10.0. The van der Waals surface area contributed by atoms with Crippen LogP contribution in [0.15, 0.2) is 36.4 Å². The van der Waals surface area contributed by atoms with Crippen molar-refractivity contribution in [2.24, 2.45) is 0 Å². The van der Waals surface area contributed by atoms with Crippen molar-refractivity contribution in [3.63, 3.8) is 0 Å². The Balaban J connectivity index is 2.48. The van der Waals surface area contributed by atoms with Gasteiger partial charge in [-0.15, -0.1) is 0 Å². The van der Waals surface area contributed by atoms with Gasteiger partial charge < -0.3 is 0 Å². The third-order valence-corrected chi connectivity index (χ3v) is 2.71. The van der Waals surface area contributed by atoms with Gasteiger partial charge in [-0.3, -0.25) is 0 Å². The summed E-state index contributed by atoms with van der Waals surface area (Å²) in [6, 6.07) is 10.2. The van der Waals surface area contributed by atoms with Crippen molar-refractivity contribution in [1.29, 1.82) is 5.26 Å². The van der Waals surface area contributed by atoms with Crippen molar-refractivity contribution < 1.29 is 8.78 Å². The maximum atomic E-state index is 13.8. The van der Waals surface area contributed by atoms with Gasteiger partial charge in [0.1, 0.15) is 11.6 Å². The quantitative estimate of drug-likeness (QED) is 0.790. The molecule has 0 aliphatic carbocycles. The third kappa shape index (κ3) is 2.66. The number of nitriles is 1. The van der Waals surface area contributed by atoms with Gasteiger partial charge in [-0.05, 0) is 35.4 Å². The molecule has 0 heterocycles. The summed E-state index contributed by atoms with van der Waals surface area (Å²) in [5.74, 6) is -1.01. The van der Waals surface area contributed by atoms with Crippen molar-refractivity contribution in [3.8, 4) is 17.2 Å². The average molecular weight is 264 g/mol. The predicted molar refractivity (Wildman–Crippen MR) is 66.1 cm³/mol. The van der Waals surface area contributed by atoms with Gasteiger partial charge in [0.25, 0.3) is 0 Å². The summed E-state index contributed by atoms with van der Waals surface area (Å²) < 4.78 is 27.0. The van der Waals surface area contributed by atoms with Crippen molar-refractivity contribution >= 4 is 11.6 Å². The highest BCUT2D eigenvalue weighted by Gasteiger charge is 2.08. The first-order chi connectivity index (χ1) is 8.60. The van der Waals surface area contributed by atoms with E-state index in [0.717, 1.165) is 6.07 Å². The first-order valence-electron chi connectivity index (χ1n) is 5.22. The summed E-state index contributed by atoms with van der Waals surface area (Å²) in [6.45, 7) is 0. The lowest BCUT2D eigenvalue weighted by Gasteiger charge is -2.06. The van der Waals surface area contributed by atoms with Gasteiger partial charge in [-0.25, -0.2) is 8.78 Å². The third-order valence-electron chi connectivity index (χ3n) is 2.49. The zero-order valence-electron chi connectivity index (χ0n) is 9.25. The predicted octanol–water partition coefficient (Wildman–Crippen LogP) is 4.35. The van der Waals surface area contributed by atoms with Crippen LogP contribution in [0.2, 0.25) is 5.02 Å². The normalized spacial score (nSPS) is 10.1. The van der Waals surface area contributed by atoms with Crippen LogP contribution in [-0.4, -0.2) is 0 Å². The number of halogens is 3. The van der Waals surface area contributed by atoms with Crippen LogP contribution in [0.3, 0.4) is 0 Å². The Labute approximate surface area is 108 Å². The van der Waals surface area contributed by atoms with Crippen LogP contribution in [0.1, 0.15) is 5.56 Å². The van der Waals surface area contributed by atoms with Crippen molar-refractivity contribution in [3.05, 3.63) is 58.6 Å². The summed E-state index contributed by atoms with van der Waals surface area (Å²) in [4.78, 5) is 0. The highest BCUT2D eigenvalue weighted by molar-refractivity contribution is 6.30. The molecule has 4 heteroatoms. The van der Waals surface area contributed by atoms with E-state index in [9.17, 15) is 8.78 Å². The van der Waals surface area contributed by atoms with Crippen molar-refractivity contribution in [2.75, 3.05) is 0 Å². The van der Waals surface area contributed by atoms with Gasteiger partial charge in [0.05, 0.1) is 12.5 Å². The van der Waals surface area contributed by atoms with Gasteiger partial charge in [0, 0.05) is 10.6 Å². The molecule has 0 fully saturated rings. The fraction of sp³-hybridized carbons (Fsp3) is 0.0714. The molecule has 2 aromatic carbocycles. The lowest BCUT2D eigenvalue weighted by molar-refractivity contribution is 0.624. The highest BCUT2D eigenvalue weighted by Crippen LogP contribution is 2.27. The Kier molecular flexibility index (Phi) is 3.59. The molecular weight excluding hydrogens is 256 g/mol. The second-order valence-corrected chi connectivity index (χ2v) is 4.24. The molecule has 0 amide bonds. The van der Waals surface area contributed by atoms with Crippen molar-refractivity contribution in [2.45, 2.75) is 6.42 Å². The standard InChI is InChI=1S/C14H8ClF2N/c15-11-6-10(7-12(16)8-11)13-2-1-9(3-4-18)5-14(13)17/h1-2,5-8H,3H2. The highest BCUT2D eigenvalue weighted by atomic mass is 35.5. The number of nitrogens with zero attached hydrogens (tertiary/aromatic N) is 1. The molecule has 0 bridgehead atoms. The van der Waals surface area contributed by atoms with Gasteiger partial charge in [0.2, 0.25) is 0 Å². The SMILES string of the molecule is N#CCc1ccc(-c2cc(F)cc(Cl)c2)c(F)c1. The van der Waals surface area contributed by atoms with E-state index in [1.807, 2.05) is 6.07 Å². The Morgan fingerprint density at radius 3 is 2.50 bits per heavy atom. The topological polar surface area (TPSA) is 23.8 Å². The molecule has 0 saturated heterocycles. The molecule has 2 aromatic rings.